The molecule has 3 nitrogen and oxygen atoms in total. The second-order valence-corrected chi connectivity index (χ2v) is 2.99. The van der Waals surface area contributed by atoms with Crippen LogP contribution in [0.3, 0.4) is 0 Å². The summed E-state index contributed by atoms with van der Waals surface area (Å²) in [7, 11) is 0. The van der Waals surface area contributed by atoms with Crippen LogP contribution in [0.25, 0.3) is 0 Å². The molecule has 0 unspecified atom stereocenters. The van der Waals surface area contributed by atoms with E-state index in [4.69, 9.17) is 10.8 Å². The molecule has 0 spiro atoms. The van der Waals surface area contributed by atoms with E-state index < -0.39 is 5.97 Å². The summed E-state index contributed by atoms with van der Waals surface area (Å²) in [4.78, 5) is 10.3. The molecule has 1 aromatic carbocycles. The van der Waals surface area contributed by atoms with Gasteiger partial charge in [-0.15, -0.1) is 0 Å². The van der Waals surface area contributed by atoms with Crippen LogP contribution in [0.2, 0.25) is 0 Å². The molecule has 0 atom stereocenters. The molecule has 1 rings (SSSR count). The molecule has 0 amide bonds. The number of aliphatic carboxylic acids is 1. The van der Waals surface area contributed by atoms with E-state index in [9.17, 15) is 4.79 Å². The van der Waals surface area contributed by atoms with Crippen molar-refractivity contribution in [3.8, 4) is 0 Å². The fourth-order valence-electron chi connectivity index (χ4n) is 1.13. The van der Waals surface area contributed by atoms with Crippen LogP contribution in [0, 0.1) is 0 Å². The van der Waals surface area contributed by atoms with E-state index in [0.717, 1.165) is 6.42 Å². The topological polar surface area (TPSA) is 63.3 Å². The van der Waals surface area contributed by atoms with E-state index >= 15 is 0 Å². The molecule has 3 heteroatoms. The molecule has 0 aromatic heterocycles. The van der Waals surface area contributed by atoms with Gasteiger partial charge in [-0.1, -0.05) is 36.4 Å². The molecule has 0 heterocycles. The summed E-state index contributed by atoms with van der Waals surface area (Å²) in [5, 5.41) is 8.49. The number of carboxylic acids is 1. The number of nitrogens with two attached hydrogens (primary N) is 1. The third-order valence-electron chi connectivity index (χ3n) is 1.89. The second-order valence-electron chi connectivity index (χ2n) is 2.99. The minimum atomic E-state index is -1.06. The maximum Gasteiger partial charge on any atom is 0.351 e. The smallest absolute Gasteiger partial charge is 0.351 e. The first-order valence-corrected chi connectivity index (χ1v) is 4.43. The summed E-state index contributed by atoms with van der Waals surface area (Å²) in [5.74, 6) is -1.06. The van der Waals surface area contributed by atoms with E-state index in [0.29, 0.717) is 6.42 Å². The Labute approximate surface area is 82.9 Å². The fraction of sp³-hybridized carbons (Fsp3) is 0.182. The lowest BCUT2D eigenvalue weighted by molar-refractivity contribution is -0.132. The van der Waals surface area contributed by atoms with Crippen molar-refractivity contribution < 1.29 is 9.90 Å². The van der Waals surface area contributed by atoms with Crippen LogP contribution in [0.5, 0.6) is 0 Å². The van der Waals surface area contributed by atoms with Crippen LogP contribution >= 0.6 is 0 Å². The maximum atomic E-state index is 10.3. The van der Waals surface area contributed by atoms with Gasteiger partial charge in [0.05, 0.1) is 0 Å². The minimum absolute atomic E-state index is 0.0825. The third kappa shape index (κ3) is 3.31. The standard InChI is InChI=1S/C11H13NO2/c12-10(11(13)14)8-4-7-9-5-2-1-3-6-9/h1-3,5-6,8H,4,7,12H2,(H,13,14)/b10-8-. The van der Waals surface area contributed by atoms with Crippen LogP contribution < -0.4 is 5.73 Å². The number of benzene rings is 1. The van der Waals surface area contributed by atoms with Crippen LogP contribution in [0.4, 0.5) is 0 Å². The molecule has 0 saturated carbocycles. The average molecular weight is 191 g/mol. The van der Waals surface area contributed by atoms with Gasteiger partial charge in [0.25, 0.3) is 0 Å². The largest absolute Gasteiger partial charge is 0.477 e. The van der Waals surface area contributed by atoms with Gasteiger partial charge in [0.15, 0.2) is 0 Å². The van der Waals surface area contributed by atoms with Crippen LogP contribution in [-0.4, -0.2) is 11.1 Å². The van der Waals surface area contributed by atoms with E-state index in [2.05, 4.69) is 0 Å². The van der Waals surface area contributed by atoms with Gasteiger partial charge in [0.1, 0.15) is 5.70 Å². The van der Waals surface area contributed by atoms with Gasteiger partial charge in [0, 0.05) is 0 Å². The summed E-state index contributed by atoms with van der Waals surface area (Å²) >= 11 is 0. The molecule has 0 fully saturated rings. The molecular weight excluding hydrogens is 178 g/mol. The molecule has 14 heavy (non-hydrogen) atoms. The number of carbonyl (C=O) groups is 1. The third-order valence-corrected chi connectivity index (χ3v) is 1.89. The quantitative estimate of drug-likeness (QED) is 0.709. The highest BCUT2D eigenvalue weighted by Gasteiger charge is 1.98. The SMILES string of the molecule is N/C(=C\CCc1ccccc1)C(=O)O. The lowest BCUT2D eigenvalue weighted by Gasteiger charge is -1.97. The molecule has 0 bridgehead atoms. The second kappa shape index (κ2) is 5.07. The van der Waals surface area contributed by atoms with Crippen molar-refractivity contribution in [2.75, 3.05) is 0 Å². The van der Waals surface area contributed by atoms with Crippen molar-refractivity contribution in [1.82, 2.24) is 0 Å². The highest BCUT2D eigenvalue weighted by atomic mass is 16.4. The number of carboxylic acid groups (broad SMARTS) is 1. The Balaban J connectivity index is 2.43. The number of rotatable bonds is 4. The van der Waals surface area contributed by atoms with Gasteiger partial charge in [-0.05, 0) is 18.4 Å². The zero-order valence-corrected chi connectivity index (χ0v) is 7.81. The van der Waals surface area contributed by atoms with Gasteiger partial charge in [-0.3, -0.25) is 0 Å². The molecule has 0 radical (unpaired) electrons. The molecule has 1 aromatic rings. The Hall–Kier alpha value is -1.77. The van der Waals surface area contributed by atoms with Gasteiger partial charge < -0.3 is 10.8 Å². The number of hydrogen-bond donors (Lipinski definition) is 2. The highest BCUT2D eigenvalue weighted by Crippen LogP contribution is 2.03. The monoisotopic (exact) mass is 191 g/mol. The molecule has 3 N–H and O–H groups in total. The predicted octanol–water partition coefficient (Wildman–Crippen LogP) is 1.55. The Bertz CT molecular complexity index is 330. The predicted molar refractivity (Wildman–Crippen MR) is 54.7 cm³/mol. The first-order chi connectivity index (χ1) is 6.70. The summed E-state index contributed by atoms with van der Waals surface area (Å²) in [5.41, 5.74) is 6.34. The van der Waals surface area contributed by atoms with E-state index in [-0.39, 0.29) is 5.70 Å². The summed E-state index contributed by atoms with van der Waals surface area (Å²) in [6.45, 7) is 0. The van der Waals surface area contributed by atoms with Gasteiger partial charge >= 0.3 is 5.97 Å². The summed E-state index contributed by atoms with van der Waals surface area (Å²) in [6, 6.07) is 9.87. The van der Waals surface area contributed by atoms with Crippen LogP contribution in [-0.2, 0) is 11.2 Å². The maximum absolute atomic E-state index is 10.3. The lowest BCUT2D eigenvalue weighted by Crippen LogP contribution is -2.09. The van der Waals surface area contributed by atoms with Crippen LogP contribution in [0.15, 0.2) is 42.1 Å². The summed E-state index contributed by atoms with van der Waals surface area (Å²) < 4.78 is 0. The normalized spacial score (nSPS) is 11.3. The van der Waals surface area contributed by atoms with E-state index in [1.165, 1.54) is 11.6 Å². The van der Waals surface area contributed by atoms with Crippen molar-refractivity contribution >= 4 is 5.97 Å². The Morgan fingerprint density at radius 3 is 2.57 bits per heavy atom. The first-order valence-electron chi connectivity index (χ1n) is 4.43. The van der Waals surface area contributed by atoms with Crippen molar-refractivity contribution in [2.24, 2.45) is 5.73 Å². The van der Waals surface area contributed by atoms with Gasteiger partial charge in [-0.25, -0.2) is 4.79 Å². The number of aryl methyl sites for hydroxylation is 1. The molecule has 74 valence electrons. The Morgan fingerprint density at radius 1 is 1.36 bits per heavy atom. The van der Waals surface area contributed by atoms with Crippen molar-refractivity contribution in [3.05, 3.63) is 47.7 Å². The minimum Gasteiger partial charge on any atom is -0.477 e. The Morgan fingerprint density at radius 2 is 2.00 bits per heavy atom. The van der Waals surface area contributed by atoms with Crippen molar-refractivity contribution in [2.45, 2.75) is 12.8 Å². The molecule has 0 saturated heterocycles. The Kier molecular flexibility index (Phi) is 3.73. The number of allylic oxidation sites excluding steroid dienone is 1. The average Bonchev–Trinajstić information content (AvgIpc) is 2.19. The lowest BCUT2D eigenvalue weighted by atomic mass is 10.1. The van der Waals surface area contributed by atoms with Crippen molar-refractivity contribution in [1.29, 1.82) is 0 Å². The highest BCUT2D eigenvalue weighted by molar-refractivity contribution is 5.85. The number of hydrogen-bond acceptors (Lipinski definition) is 2. The van der Waals surface area contributed by atoms with Crippen molar-refractivity contribution in [3.63, 3.8) is 0 Å². The van der Waals surface area contributed by atoms with Crippen LogP contribution in [0.1, 0.15) is 12.0 Å². The molecule has 0 aliphatic rings. The fourth-order valence-corrected chi connectivity index (χ4v) is 1.13. The van der Waals surface area contributed by atoms with E-state index in [1.807, 2.05) is 30.3 Å². The first kappa shape index (κ1) is 10.3. The molecule has 0 aliphatic heterocycles. The zero-order chi connectivity index (χ0) is 10.4. The van der Waals surface area contributed by atoms with Gasteiger partial charge in [0.2, 0.25) is 0 Å². The molecular formula is C11H13NO2. The van der Waals surface area contributed by atoms with E-state index in [1.54, 1.807) is 0 Å². The summed E-state index contributed by atoms with van der Waals surface area (Å²) in [6.07, 6.45) is 3.01. The van der Waals surface area contributed by atoms with Gasteiger partial charge in [-0.2, -0.15) is 0 Å². The zero-order valence-electron chi connectivity index (χ0n) is 7.81. The molecule has 0 aliphatic carbocycles.